The van der Waals surface area contributed by atoms with Crippen LogP contribution < -0.4 is 9.80 Å². The first kappa shape index (κ1) is 18.5. The molecular weight excluding hydrogens is 357 g/mol. The third-order valence-electron chi connectivity index (χ3n) is 4.36. The van der Waals surface area contributed by atoms with Crippen molar-refractivity contribution < 1.29 is 12.8 Å². The molecule has 3 rings (SSSR count). The molecule has 1 saturated heterocycles. The van der Waals surface area contributed by atoms with Gasteiger partial charge in [0.15, 0.2) is 5.82 Å². The first-order valence-electron chi connectivity index (χ1n) is 8.32. The van der Waals surface area contributed by atoms with Crippen LogP contribution >= 0.6 is 0 Å². The lowest BCUT2D eigenvalue weighted by Crippen LogP contribution is -2.49. The maximum Gasteiger partial charge on any atom is 0.218 e. The van der Waals surface area contributed by atoms with Crippen LogP contribution in [0.15, 0.2) is 36.5 Å². The summed E-state index contributed by atoms with van der Waals surface area (Å²) < 4.78 is 39.7. The Bertz CT molecular complexity index is 850. The third kappa shape index (κ3) is 4.28. The highest BCUT2D eigenvalue weighted by molar-refractivity contribution is 7.88. The minimum absolute atomic E-state index is 0.122. The normalized spacial score (nSPS) is 15.9. The highest BCUT2D eigenvalue weighted by Crippen LogP contribution is 2.20. The average molecular weight is 379 g/mol. The minimum atomic E-state index is -3.44. The summed E-state index contributed by atoms with van der Waals surface area (Å²) in [4.78, 5) is 3.98. The molecule has 7 nitrogen and oxygen atoms in total. The number of nitrogens with zero attached hydrogens (tertiary/aromatic N) is 5. The van der Waals surface area contributed by atoms with Crippen LogP contribution in [0.25, 0.3) is 0 Å². The Morgan fingerprint density at radius 1 is 1.12 bits per heavy atom. The van der Waals surface area contributed by atoms with Gasteiger partial charge in [-0.2, -0.15) is 9.40 Å². The van der Waals surface area contributed by atoms with Gasteiger partial charge in [-0.3, -0.25) is 0 Å². The molecule has 1 aromatic heterocycles. The van der Waals surface area contributed by atoms with Crippen LogP contribution in [-0.2, 0) is 15.8 Å². The highest BCUT2D eigenvalue weighted by Gasteiger charge is 2.27. The average Bonchev–Trinajstić information content (AvgIpc) is 2.64. The maximum absolute atomic E-state index is 13.0. The van der Waals surface area contributed by atoms with E-state index in [9.17, 15) is 12.8 Å². The molecule has 0 atom stereocenters. The Morgan fingerprint density at radius 3 is 2.38 bits per heavy atom. The van der Waals surface area contributed by atoms with Gasteiger partial charge in [0.1, 0.15) is 5.82 Å². The van der Waals surface area contributed by atoms with Gasteiger partial charge in [-0.25, -0.2) is 12.8 Å². The molecule has 26 heavy (non-hydrogen) atoms. The SMILES string of the molecule is CN(C)c1cnnc(N2CCN(S(=O)(=O)Cc3ccc(F)cc3)CC2)c1. The highest BCUT2D eigenvalue weighted by atomic mass is 32.2. The molecular formula is C17H22FN5O2S. The van der Waals surface area contributed by atoms with Crippen molar-refractivity contribution in [3.05, 3.63) is 47.9 Å². The van der Waals surface area contributed by atoms with E-state index in [1.807, 2.05) is 30.0 Å². The number of piperazine rings is 1. The topological polar surface area (TPSA) is 69.6 Å². The molecule has 0 amide bonds. The predicted molar refractivity (Wildman–Crippen MR) is 99.2 cm³/mol. The largest absolute Gasteiger partial charge is 0.376 e. The summed E-state index contributed by atoms with van der Waals surface area (Å²) in [7, 11) is 0.426. The molecule has 1 fully saturated rings. The van der Waals surface area contributed by atoms with E-state index in [0.717, 1.165) is 11.5 Å². The van der Waals surface area contributed by atoms with Crippen molar-refractivity contribution in [2.45, 2.75) is 5.75 Å². The van der Waals surface area contributed by atoms with Gasteiger partial charge in [-0.05, 0) is 17.7 Å². The number of hydrogen-bond acceptors (Lipinski definition) is 6. The second-order valence-corrected chi connectivity index (χ2v) is 8.40. The van der Waals surface area contributed by atoms with E-state index in [4.69, 9.17) is 0 Å². The van der Waals surface area contributed by atoms with Crippen LogP contribution in [0.2, 0.25) is 0 Å². The first-order chi connectivity index (χ1) is 12.3. The number of benzene rings is 1. The fourth-order valence-corrected chi connectivity index (χ4v) is 4.34. The number of hydrogen-bond donors (Lipinski definition) is 0. The van der Waals surface area contributed by atoms with E-state index in [1.165, 1.54) is 28.6 Å². The zero-order valence-electron chi connectivity index (χ0n) is 14.8. The van der Waals surface area contributed by atoms with Crippen LogP contribution in [0.5, 0.6) is 0 Å². The Hall–Kier alpha value is -2.26. The molecule has 2 heterocycles. The van der Waals surface area contributed by atoms with Crippen LogP contribution in [-0.4, -0.2) is 63.2 Å². The van der Waals surface area contributed by atoms with Crippen molar-refractivity contribution >= 4 is 21.5 Å². The lowest BCUT2D eigenvalue weighted by atomic mass is 10.2. The van der Waals surface area contributed by atoms with E-state index >= 15 is 0 Å². The van der Waals surface area contributed by atoms with Gasteiger partial charge in [-0.1, -0.05) is 12.1 Å². The van der Waals surface area contributed by atoms with E-state index < -0.39 is 10.0 Å². The maximum atomic E-state index is 13.0. The Morgan fingerprint density at radius 2 is 1.77 bits per heavy atom. The Labute approximate surface area is 153 Å². The summed E-state index contributed by atoms with van der Waals surface area (Å²) in [5.74, 6) is 0.246. The van der Waals surface area contributed by atoms with E-state index in [1.54, 1.807) is 6.20 Å². The van der Waals surface area contributed by atoms with Crippen molar-refractivity contribution in [1.82, 2.24) is 14.5 Å². The molecule has 0 N–H and O–H groups in total. The fourth-order valence-electron chi connectivity index (χ4n) is 2.82. The zero-order chi connectivity index (χ0) is 18.7. The number of halogens is 1. The molecule has 0 unspecified atom stereocenters. The molecule has 0 saturated carbocycles. The number of rotatable bonds is 5. The van der Waals surface area contributed by atoms with Gasteiger partial charge in [0.2, 0.25) is 10.0 Å². The van der Waals surface area contributed by atoms with Gasteiger partial charge in [0.25, 0.3) is 0 Å². The van der Waals surface area contributed by atoms with Gasteiger partial charge < -0.3 is 9.80 Å². The summed E-state index contributed by atoms with van der Waals surface area (Å²) in [6, 6.07) is 7.50. The fraction of sp³-hybridized carbons (Fsp3) is 0.412. The van der Waals surface area contributed by atoms with Gasteiger partial charge in [0.05, 0.1) is 17.6 Å². The van der Waals surface area contributed by atoms with Crippen LogP contribution in [0.1, 0.15) is 5.56 Å². The van der Waals surface area contributed by atoms with Crippen molar-refractivity contribution in [1.29, 1.82) is 0 Å². The van der Waals surface area contributed by atoms with Crippen LogP contribution in [0.4, 0.5) is 15.9 Å². The summed E-state index contributed by atoms with van der Waals surface area (Å²) >= 11 is 0. The van der Waals surface area contributed by atoms with E-state index in [0.29, 0.717) is 31.7 Å². The standard InChI is InChI=1S/C17H22FN5O2S/c1-21(2)16-11-17(20-19-12-16)22-7-9-23(10-8-22)26(24,25)13-14-3-5-15(18)6-4-14/h3-6,11-12H,7-10,13H2,1-2H3. The molecule has 0 radical (unpaired) electrons. The molecule has 1 aromatic carbocycles. The van der Waals surface area contributed by atoms with Crippen LogP contribution in [0, 0.1) is 5.82 Å². The lowest BCUT2D eigenvalue weighted by Gasteiger charge is -2.34. The summed E-state index contributed by atoms with van der Waals surface area (Å²) in [5, 5.41) is 8.17. The monoisotopic (exact) mass is 379 g/mol. The molecule has 1 aliphatic heterocycles. The molecule has 0 spiro atoms. The predicted octanol–water partition coefficient (Wildman–Crippen LogP) is 1.33. The smallest absolute Gasteiger partial charge is 0.218 e. The van der Waals surface area contributed by atoms with Gasteiger partial charge in [-0.15, -0.1) is 5.10 Å². The van der Waals surface area contributed by atoms with E-state index in [-0.39, 0.29) is 11.6 Å². The summed E-state index contributed by atoms with van der Waals surface area (Å²) in [5.41, 5.74) is 1.53. The molecule has 0 aliphatic carbocycles. The lowest BCUT2D eigenvalue weighted by molar-refractivity contribution is 0.383. The first-order valence-corrected chi connectivity index (χ1v) is 9.93. The summed E-state index contributed by atoms with van der Waals surface area (Å²) in [6.45, 7) is 1.87. The number of anilines is 2. The molecule has 1 aliphatic rings. The third-order valence-corrected chi connectivity index (χ3v) is 6.21. The molecule has 0 bridgehead atoms. The summed E-state index contributed by atoms with van der Waals surface area (Å²) in [6.07, 6.45) is 1.69. The Balaban J connectivity index is 1.64. The number of sulfonamides is 1. The second kappa shape index (κ2) is 7.55. The number of aromatic nitrogens is 2. The quantitative estimate of drug-likeness (QED) is 0.781. The molecule has 9 heteroatoms. The van der Waals surface area contributed by atoms with Crippen molar-refractivity contribution in [2.24, 2.45) is 0 Å². The van der Waals surface area contributed by atoms with Gasteiger partial charge >= 0.3 is 0 Å². The van der Waals surface area contributed by atoms with Crippen molar-refractivity contribution in [3.63, 3.8) is 0 Å². The zero-order valence-corrected chi connectivity index (χ0v) is 15.7. The Kier molecular flexibility index (Phi) is 5.38. The molecule has 2 aromatic rings. The minimum Gasteiger partial charge on any atom is -0.376 e. The van der Waals surface area contributed by atoms with E-state index in [2.05, 4.69) is 10.2 Å². The van der Waals surface area contributed by atoms with Crippen LogP contribution in [0.3, 0.4) is 0 Å². The molecule has 140 valence electrons. The van der Waals surface area contributed by atoms with Crippen molar-refractivity contribution in [2.75, 3.05) is 50.1 Å². The van der Waals surface area contributed by atoms with Gasteiger partial charge in [0, 0.05) is 46.3 Å². The second-order valence-electron chi connectivity index (χ2n) is 6.44. The van der Waals surface area contributed by atoms with Crippen molar-refractivity contribution in [3.8, 4) is 0 Å².